The topological polar surface area (TPSA) is 52.7 Å². The molecular weight excluding hydrogens is 302 g/mol. The van der Waals surface area contributed by atoms with Crippen LogP contribution in [0.1, 0.15) is 65.2 Å². The summed E-state index contributed by atoms with van der Waals surface area (Å²) in [5.74, 6) is 1.25. The average molecular weight is 338 g/mol. The average Bonchev–Trinajstić information content (AvgIpc) is 2.55. The molecule has 0 spiro atoms. The summed E-state index contributed by atoms with van der Waals surface area (Å²) in [4.78, 5) is 28.3. The highest BCUT2D eigenvalue weighted by atomic mass is 16.2. The summed E-state index contributed by atoms with van der Waals surface area (Å²) in [6.07, 6.45) is 9.85. The zero-order valence-electron chi connectivity index (χ0n) is 15.6. The highest BCUT2D eigenvalue weighted by molar-refractivity contribution is 5.78. The van der Waals surface area contributed by atoms with Crippen molar-refractivity contribution in [3.8, 4) is 0 Å². The first-order valence-corrected chi connectivity index (χ1v) is 9.84. The van der Waals surface area contributed by atoms with Gasteiger partial charge in [-0.2, -0.15) is 0 Å². The molecule has 138 valence electrons. The van der Waals surface area contributed by atoms with Gasteiger partial charge in [0, 0.05) is 38.6 Å². The molecule has 0 aromatic carbocycles. The van der Waals surface area contributed by atoms with E-state index in [0.29, 0.717) is 18.9 Å². The lowest BCUT2D eigenvalue weighted by Crippen LogP contribution is -2.51. The minimum absolute atomic E-state index is 0.0808. The van der Waals surface area contributed by atoms with Crippen molar-refractivity contribution in [3.63, 3.8) is 0 Å². The Morgan fingerprint density at radius 1 is 1.04 bits per heavy atom. The zero-order chi connectivity index (χ0) is 17.4. The molecule has 0 radical (unpaired) electrons. The molecule has 5 heteroatoms. The Labute approximate surface area is 147 Å². The molecular formula is C19H35N3O2. The lowest BCUT2D eigenvalue weighted by molar-refractivity contribution is -0.133. The number of piperazine rings is 1. The van der Waals surface area contributed by atoms with Crippen molar-refractivity contribution in [1.29, 1.82) is 0 Å². The molecule has 2 amide bonds. The molecule has 1 heterocycles. The molecule has 24 heavy (non-hydrogen) atoms. The minimum atomic E-state index is 0.0808. The van der Waals surface area contributed by atoms with Gasteiger partial charge >= 0.3 is 0 Å². The monoisotopic (exact) mass is 337 g/mol. The van der Waals surface area contributed by atoms with Crippen LogP contribution in [0.25, 0.3) is 0 Å². The molecule has 1 aliphatic carbocycles. The van der Waals surface area contributed by atoms with E-state index >= 15 is 0 Å². The fourth-order valence-corrected chi connectivity index (χ4v) is 3.90. The van der Waals surface area contributed by atoms with E-state index in [0.717, 1.165) is 38.5 Å². The second-order valence-electron chi connectivity index (χ2n) is 7.78. The van der Waals surface area contributed by atoms with Gasteiger partial charge in [0.2, 0.25) is 11.8 Å². The lowest BCUT2D eigenvalue weighted by atomic mass is 9.86. The molecule has 5 nitrogen and oxygen atoms in total. The van der Waals surface area contributed by atoms with Crippen molar-refractivity contribution >= 4 is 11.8 Å². The largest absolute Gasteiger partial charge is 0.353 e. The van der Waals surface area contributed by atoms with Crippen LogP contribution >= 0.6 is 0 Å². The number of carbonyl (C=O) groups is 2. The fourth-order valence-electron chi connectivity index (χ4n) is 3.90. The van der Waals surface area contributed by atoms with E-state index in [-0.39, 0.29) is 11.9 Å². The number of carbonyl (C=O) groups excluding carboxylic acids is 2. The molecule has 0 atom stereocenters. The van der Waals surface area contributed by atoms with Crippen LogP contribution in [0, 0.1) is 5.92 Å². The molecule has 0 bridgehead atoms. The van der Waals surface area contributed by atoms with Crippen LogP contribution in [0.4, 0.5) is 0 Å². The van der Waals surface area contributed by atoms with Crippen LogP contribution in [-0.4, -0.2) is 60.4 Å². The Morgan fingerprint density at radius 2 is 1.71 bits per heavy atom. The van der Waals surface area contributed by atoms with Crippen molar-refractivity contribution in [2.75, 3.05) is 32.7 Å². The number of hydrogen-bond acceptors (Lipinski definition) is 3. The third-order valence-electron chi connectivity index (χ3n) is 5.27. The summed E-state index contributed by atoms with van der Waals surface area (Å²) in [5, 5.41) is 2.92. The third-order valence-corrected chi connectivity index (χ3v) is 5.27. The van der Waals surface area contributed by atoms with Gasteiger partial charge in [0.05, 0.1) is 6.54 Å². The number of nitrogens with zero attached hydrogens (tertiary/aromatic N) is 2. The Hall–Kier alpha value is -1.10. The Morgan fingerprint density at radius 3 is 2.33 bits per heavy atom. The molecule has 1 saturated carbocycles. The normalized spacial score (nSPS) is 20.4. The van der Waals surface area contributed by atoms with Crippen LogP contribution in [0.15, 0.2) is 0 Å². The summed E-state index contributed by atoms with van der Waals surface area (Å²) < 4.78 is 0. The second kappa shape index (κ2) is 10.0. The maximum absolute atomic E-state index is 12.3. The van der Waals surface area contributed by atoms with Gasteiger partial charge in [0.15, 0.2) is 0 Å². The molecule has 1 aliphatic heterocycles. The van der Waals surface area contributed by atoms with E-state index in [1.54, 1.807) is 0 Å². The van der Waals surface area contributed by atoms with Crippen LogP contribution < -0.4 is 5.32 Å². The van der Waals surface area contributed by atoms with Gasteiger partial charge in [-0.1, -0.05) is 32.1 Å². The Kier molecular flexibility index (Phi) is 8.03. The van der Waals surface area contributed by atoms with Gasteiger partial charge in [0.25, 0.3) is 0 Å². The highest BCUT2D eigenvalue weighted by Gasteiger charge is 2.22. The van der Waals surface area contributed by atoms with Gasteiger partial charge in [-0.05, 0) is 32.6 Å². The smallest absolute Gasteiger partial charge is 0.234 e. The Balaban J connectivity index is 1.59. The second-order valence-corrected chi connectivity index (χ2v) is 7.78. The van der Waals surface area contributed by atoms with Crippen LogP contribution in [-0.2, 0) is 9.59 Å². The molecule has 1 N–H and O–H groups in total. The van der Waals surface area contributed by atoms with E-state index in [1.165, 1.54) is 38.5 Å². The molecule has 0 aromatic heterocycles. The van der Waals surface area contributed by atoms with E-state index in [1.807, 2.05) is 18.7 Å². The molecule has 0 unspecified atom stereocenters. The van der Waals surface area contributed by atoms with Crippen molar-refractivity contribution in [3.05, 3.63) is 0 Å². The van der Waals surface area contributed by atoms with E-state index < -0.39 is 0 Å². The number of amides is 2. The zero-order valence-corrected chi connectivity index (χ0v) is 15.6. The summed E-state index contributed by atoms with van der Waals surface area (Å²) >= 11 is 0. The standard InChI is InChI=1S/C19H35N3O2/c1-16(2)20-18(23)15-21-11-13-22(14-12-21)19(24)10-6-9-17-7-4-3-5-8-17/h16-17H,3-15H2,1-2H3,(H,20,23). The van der Waals surface area contributed by atoms with Crippen molar-refractivity contribution in [2.45, 2.75) is 71.3 Å². The van der Waals surface area contributed by atoms with Crippen LogP contribution in [0.5, 0.6) is 0 Å². The summed E-state index contributed by atoms with van der Waals surface area (Å²) in [5.41, 5.74) is 0. The van der Waals surface area contributed by atoms with Crippen molar-refractivity contribution < 1.29 is 9.59 Å². The maximum atomic E-state index is 12.3. The molecule has 1 saturated heterocycles. The van der Waals surface area contributed by atoms with Gasteiger partial charge in [-0.25, -0.2) is 0 Å². The molecule has 2 aliphatic rings. The third kappa shape index (κ3) is 6.80. The Bertz CT molecular complexity index is 397. The van der Waals surface area contributed by atoms with Gasteiger partial charge < -0.3 is 10.2 Å². The molecule has 2 rings (SSSR count). The van der Waals surface area contributed by atoms with E-state index in [9.17, 15) is 9.59 Å². The summed E-state index contributed by atoms with van der Waals surface area (Å²) in [7, 11) is 0. The SMILES string of the molecule is CC(C)NC(=O)CN1CCN(C(=O)CCCC2CCCCC2)CC1. The van der Waals surface area contributed by atoms with Gasteiger partial charge in [-0.15, -0.1) is 0 Å². The molecule has 2 fully saturated rings. The number of rotatable bonds is 7. The van der Waals surface area contributed by atoms with E-state index in [4.69, 9.17) is 0 Å². The fraction of sp³-hybridized carbons (Fsp3) is 0.895. The predicted molar refractivity (Wildman–Crippen MR) is 96.7 cm³/mol. The summed E-state index contributed by atoms with van der Waals surface area (Å²) in [6.45, 7) is 7.53. The highest BCUT2D eigenvalue weighted by Crippen LogP contribution is 2.27. The first-order chi connectivity index (χ1) is 11.5. The van der Waals surface area contributed by atoms with Crippen molar-refractivity contribution in [2.24, 2.45) is 5.92 Å². The lowest BCUT2D eigenvalue weighted by Gasteiger charge is -2.34. The first-order valence-electron chi connectivity index (χ1n) is 9.84. The quantitative estimate of drug-likeness (QED) is 0.776. The van der Waals surface area contributed by atoms with Crippen LogP contribution in [0.2, 0.25) is 0 Å². The number of nitrogens with one attached hydrogen (secondary N) is 1. The van der Waals surface area contributed by atoms with E-state index in [2.05, 4.69) is 10.2 Å². The van der Waals surface area contributed by atoms with Gasteiger partial charge in [0.1, 0.15) is 0 Å². The maximum Gasteiger partial charge on any atom is 0.234 e. The van der Waals surface area contributed by atoms with Crippen LogP contribution in [0.3, 0.4) is 0 Å². The first kappa shape index (κ1) is 19.2. The molecule has 0 aromatic rings. The minimum Gasteiger partial charge on any atom is -0.353 e. The predicted octanol–water partition coefficient (Wildman–Crippen LogP) is 2.41. The van der Waals surface area contributed by atoms with Gasteiger partial charge in [-0.3, -0.25) is 14.5 Å². The summed E-state index contributed by atoms with van der Waals surface area (Å²) in [6, 6.07) is 0.185. The number of hydrogen-bond donors (Lipinski definition) is 1. The van der Waals surface area contributed by atoms with Crippen molar-refractivity contribution in [1.82, 2.24) is 15.1 Å².